The van der Waals surface area contributed by atoms with Crippen molar-refractivity contribution in [2.45, 2.75) is 49.2 Å². The Hall–Kier alpha value is -2.24. The number of Topliss-reactive ketones (excluding diaryl/α,β-unsaturated/α-hetero) is 1. The van der Waals surface area contributed by atoms with Gasteiger partial charge >= 0.3 is 0 Å². The summed E-state index contributed by atoms with van der Waals surface area (Å²) in [5.41, 5.74) is 0.472. The molecule has 1 aliphatic heterocycles. The zero-order valence-corrected chi connectivity index (χ0v) is 19.9. The number of nitrogens with zero attached hydrogens (tertiary/aromatic N) is 5. The first-order valence-corrected chi connectivity index (χ1v) is 13.2. The number of carbonyl (C=O) groups is 2. The van der Waals surface area contributed by atoms with E-state index in [-0.39, 0.29) is 35.4 Å². The summed E-state index contributed by atoms with van der Waals surface area (Å²) in [6.45, 7) is 5.44. The molecule has 1 aromatic carbocycles. The second-order valence-electron chi connectivity index (χ2n) is 8.01. The minimum atomic E-state index is -3.66. The van der Waals surface area contributed by atoms with Gasteiger partial charge in [0.15, 0.2) is 10.9 Å². The van der Waals surface area contributed by atoms with Gasteiger partial charge in [-0.2, -0.15) is 4.31 Å². The number of rotatable bonds is 8. The van der Waals surface area contributed by atoms with Crippen molar-refractivity contribution in [1.29, 1.82) is 0 Å². The third-order valence-electron chi connectivity index (χ3n) is 5.82. The predicted molar refractivity (Wildman–Crippen MR) is 120 cm³/mol. The van der Waals surface area contributed by atoms with E-state index in [9.17, 15) is 18.0 Å². The number of amides is 1. The molecule has 0 unspecified atom stereocenters. The van der Waals surface area contributed by atoms with Crippen LogP contribution >= 0.6 is 11.8 Å². The number of carbonyl (C=O) groups excluding carboxylic acids is 2. The average molecular weight is 478 g/mol. The second kappa shape index (κ2) is 9.32. The predicted octanol–water partition coefficient (Wildman–Crippen LogP) is 2.00. The Labute approximate surface area is 192 Å². The second-order valence-corrected chi connectivity index (χ2v) is 10.9. The van der Waals surface area contributed by atoms with E-state index >= 15 is 0 Å². The van der Waals surface area contributed by atoms with Crippen LogP contribution in [0, 0.1) is 0 Å². The van der Waals surface area contributed by atoms with Gasteiger partial charge in [0, 0.05) is 44.2 Å². The van der Waals surface area contributed by atoms with Gasteiger partial charge < -0.3 is 9.47 Å². The number of hydrogen-bond donors (Lipinski definition) is 0. The molecule has 9 nitrogen and oxygen atoms in total. The first-order valence-electron chi connectivity index (χ1n) is 10.8. The zero-order chi connectivity index (χ0) is 22.9. The van der Waals surface area contributed by atoms with Crippen molar-refractivity contribution in [2.75, 3.05) is 31.9 Å². The van der Waals surface area contributed by atoms with E-state index in [2.05, 4.69) is 21.7 Å². The first kappa shape index (κ1) is 22.9. The maximum atomic E-state index is 12.9. The van der Waals surface area contributed by atoms with Crippen molar-refractivity contribution < 1.29 is 18.0 Å². The number of piperazine rings is 1. The molecule has 4 rings (SSSR count). The van der Waals surface area contributed by atoms with E-state index in [0.29, 0.717) is 24.6 Å². The van der Waals surface area contributed by atoms with Gasteiger partial charge in [0.05, 0.1) is 10.6 Å². The third kappa shape index (κ3) is 4.74. The number of sulfonamides is 1. The number of thioether (sulfide) groups is 1. The average Bonchev–Trinajstić information content (AvgIpc) is 3.57. The topological polar surface area (TPSA) is 105 Å². The molecule has 2 fully saturated rings. The van der Waals surface area contributed by atoms with Crippen molar-refractivity contribution in [2.24, 2.45) is 0 Å². The van der Waals surface area contributed by atoms with Gasteiger partial charge in [-0.1, -0.05) is 23.9 Å². The van der Waals surface area contributed by atoms with Gasteiger partial charge in [0.2, 0.25) is 15.9 Å². The van der Waals surface area contributed by atoms with Crippen LogP contribution in [0.2, 0.25) is 0 Å². The Kier molecular flexibility index (Phi) is 6.68. The summed E-state index contributed by atoms with van der Waals surface area (Å²) in [6, 6.07) is 5.96. The molecule has 0 spiro atoms. The lowest BCUT2D eigenvalue weighted by Gasteiger charge is -2.34. The van der Waals surface area contributed by atoms with Crippen molar-refractivity contribution in [3.05, 3.63) is 35.7 Å². The van der Waals surface area contributed by atoms with Crippen molar-refractivity contribution in [1.82, 2.24) is 24.0 Å². The van der Waals surface area contributed by atoms with Gasteiger partial charge in [0.1, 0.15) is 5.82 Å². The summed E-state index contributed by atoms with van der Waals surface area (Å²) in [6.07, 6.45) is 2.30. The van der Waals surface area contributed by atoms with E-state index in [1.165, 1.54) is 47.3 Å². The van der Waals surface area contributed by atoms with Crippen LogP contribution in [0.25, 0.3) is 0 Å². The molecule has 1 aromatic heterocycles. The van der Waals surface area contributed by atoms with Crippen LogP contribution in [0.5, 0.6) is 0 Å². The lowest BCUT2D eigenvalue weighted by molar-refractivity contribution is -0.129. The highest BCUT2D eigenvalue weighted by Gasteiger charge is 2.32. The molecular weight excluding hydrogens is 450 g/mol. The standard InChI is InChI=1S/C21H27N5O4S2/c1-3-26-20(17-4-5-17)22-23-21(26)31-14-19(28)24-10-12-25(13-11-24)32(29,30)18-8-6-16(7-9-18)15(2)27/h6-9,17H,3-5,10-14H2,1-2H3. The summed E-state index contributed by atoms with van der Waals surface area (Å²) in [7, 11) is -3.66. The molecule has 0 bridgehead atoms. The lowest BCUT2D eigenvalue weighted by Crippen LogP contribution is -2.51. The highest BCUT2D eigenvalue weighted by molar-refractivity contribution is 7.99. The minimum absolute atomic E-state index is 0.0310. The van der Waals surface area contributed by atoms with Crippen LogP contribution in [-0.4, -0.2) is 76.0 Å². The maximum absolute atomic E-state index is 12.9. The SMILES string of the molecule is CCn1c(SCC(=O)N2CCN(S(=O)(=O)c3ccc(C(C)=O)cc3)CC2)nnc1C1CC1. The summed E-state index contributed by atoms with van der Waals surface area (Å²) in [4.78, 5) is 26.0. The van der Waals surface area contributed by atoms with E-state index in [0.717, 1.165) is 30.4 Å². The van der Waals surface area contributed by atoms with Crippen molar-refractivity contribution in [3.63, 3.8) is 0 Å². The van der Waals surface area contributed by atoms with E-state index in [1.54, 1.807) is 4.90 Å². The Bertz CT molecular complexity index is 1100. The number of ketones is 1. The number of aromatic nitrogens is 3. The summed E-state index contributed by atoms with van der Waals surface area (Å²) in [5.74, 6) is 1.62. The van der Waals surface area contributed by atoms with Crippen LogP contribution in [0.3, 0.4) is 0 Å². The fourth-order valence-electron chi connectivity index (χ4n) is 3.75. The molecule has 2 aromatic rings. The molecule has 0 N–H and O–H groups in total. The van der Waals surface area contributed by atoms with Crippen molar-refractivity contribution in [3.8, 4) is 0 Å². The summed E-state index contributed by atoms with van der Waals surface area (Å²) >= 11 is 1.38. The number of benzene rings is 1. The summed E-state index contributed by atoms with van der Waals surface area (Å²) in [5, 5.41) is 9.31. The molecule has 0 radical (unpaired) electrons. The smallest absolute Gasteiger partial charge is 0.243 e. The first-order chi connectivity index (χ1) is 15.3. The Balaban J connectivity index is 1.32. The van der Waals surface area contributed by atoms with Crippen molar-refractivity contribution >= 4 is 33.5 Å². The fourth-order valence-corrected chi connectivity index (χ4v) is 6.09. The maximum Gasteiger partial charge on any atom is 0.243 e. The molecule has 0 atom stereocenters. The fraction of sp³-hybridized carbons (Fsp3) is 0.524. The Morgan fingerprint density at radius 1 is 1.06 bits per heavy atom. The molecule has 32 heavy (non-hydrogen) atoms. The van der Waals surface area contributed by atoms with Crippen LogP contribution < -0.4 is 0 Å². The molecule has 2 heterocycles. The summed E-state index contributed by atoms with van der Waals surface area (Å²) < 4.78 is 29.3. The zero-order valence-electron chi connectivity index (χ0n) is 18.2. The van der Waals surface area contributed by atoms with Crippen LogP contribution in [0.15, 0.2) is 34.3 Å². The molecule has 1 amide bonds. The molecule has 1 saturated heterocycles. The van der Waals surface area contributed by atoms with Gasteiger partial charge in [-0.05, 0) is 38.8 Å². The van der Waals surface area contributed by atoms with Crippen LogP contribution in [0.1, 0.15) is 48.8 Å². The van der Waals surface area contributed by atoms with Crippen LogP contribution in [0.4, 0.5) is 0 Å². The third-order valence-corrected chi connectivity index (χ3v) is 8.68. The van der Waals surface area contributed by atoms with Gasteiger partial charge in [-0.15, -0.1) is 10.2 Å². The van der Waals surface area contributed by atoms with Gasteiger partial charge in [-0.25, -0.2) is 8.42 Å². The van der Waals surface area contributed by atoms with E-state index < -0.39 is 10.0 Å². The molecule has 11 heteroatoms. The highest BCUT2D eigenvalue weighted by Crippen LogP contribution is 2.40. The van der Waals surface area contributed by atoms with Gasteiger partial charge in [0.25, 0.3) is 0 Å². The van der Waals surface area contributed by atoms with E-state index in [4.69, 9.17) is 0 Å². The molecule has 1 saturated carbocycles. The van der Waals surface area contributed by atoms with Gasteiger partial charge in [-0.3, -0.25) is 9.59 Å². The lowest BCUT2D eigenvalue weighted by atomic mass is 10.2. The number of hydrogen-bond acceptors (Lipinski definition) is 7. The normalized spacial score (nSPS) is 17.5. The Morgan fingerprint density at radius 3 is 2.28 bits per heavy atom. The molecule has 2 aliphatic rings. The molecular formula is C21H27N5O4S2. The largest absolute Gasteiger partial charge is 0.339 e. The molecule has 1 aliphatic carbocycles. The Morgan fingerprint density at radius 2 is 1.72 bits per heavy atom. The quantitative estimate of drug-likeness (QED) is 0.423. The minimum Gasteiger partial charge on any atom is -0.339 e. The molecule has 172 valence electrons. The van der Waals surface area contributed by atoms with E-state index in [1.807, 2.05) is 0 Å². The monoisotopic (exact) mass is 477 g/mol. The van der Waals surface area contributed by atoms with Crippen LogP contribution in [-0.2, 0) is 21.4 Å². The highest BCUT2D eigenvalue weighted by atomic mass is 32.2.